The van der Waals surface area contributed by atoms with E-state index >= 15 is 0 Å². The molecule has 0 bridgehead atoms. The molecule has 3 rings (SSSR count). The van der Waals surface area contributed by atoms with Crippen LogP contribution in [0.1, 0.15) is 36.5 Å². The van der Waals surface area contributed by atoms with E-state index in [0.717, 1.165) is 22.9 Å². The van der Waals surface area contributed by atoms with Gasteiger partial charge in [-0.1, -0.05) is 60.2 Å². The molecule has 214 valence electrons. The van der Waals surface area contributed by atoms with E-state index in [1.807, 2.05) is 68.4 Å². The number of nitrogens with one attached hydrogen (secondary N) is 1. The highest BCUT2D eigenvalue weighted by molar-refractivity contribution is 7.92. The number of amides is 2. The lowest BCUT2D eigenvalue weighted by molar-refractivity contribution is -0.141. The van der Waals surface area contributed by atoms with Gasteiger partial charge in [0.15, 0.2) is 0 Å². The topological polar surface area (TPSA) is 96.0 Å². The van der Waals surface area contributed by atoms with Gasteiger partial charge in [-0.3, -0.25) is 13.9 Å². The molecular weight excluding hydrogens is 526 g/mol. The molecule has 3 aromatic carbocycles. The normalized spacial score (nSPS) is 11.9. The van der Waals surface area contributed by atoms with E-state index < -0.39 is 16.1 Å². The van der Waals surface area contributed by atoms with Crippen molar-refractivity contribution in [1.29, 1.82) is 0 Å². The van der Waals surface area contributed by atoms with E-state index in [2.05, 4.69) is 5.32 Å². The Kier molecular flexibility index (Phi) is 11.1. The van der Waals surface area contributed by atoms with Gasteiger partial charge in [-0.15, -0.1) is 0 Å². The minimum atomic E-state index is -3.58. The molecular formula is C31H39N3O5S. The number of aryl methyl sites for hydroxylation is 1. The van der Waals surface area contributed by atoms with Crippen molar-refractivity contribution in [2.75, 3.05) is 30.8 Å². The second kappa shape index (κ2) is 14.5. The van der Waals surface area contributed by atoms with Gasteiger partial charge in [-0.2, -0.15) is 0 Å². The van der Waals surface area contributed by atoms with E-state index in [4.69, 9.17) is 4.74 Å². The Morgan fingerprint density at radius 1 is 0.925 bits per heavy atom. The minimum Gasteiger partial charge on any atom is -0.494 e. The Hall–Kier alpha value is -3.85. The first-order valence-corrected chi connectivity index (χ1v) is 15.3. The SMILES string of the molecule is CCOc1ccc(N(CCCC(=O)N(Cc2ccc(C)cc2)[C@H](Cc2ccccc2)C(=O)NC)S(C)(=O)=O)cc1. The molecule has 0 aliphatic rings. The summed E-state index contributed by atoms with van der Waals surface area (Å²) < 4.78 is 32.0. The zero-order chi connectivity index (χ0) is 29.1. The molecule has 1 N–H and O–H groups in total. The minimum absolute atomic E-state index is 0.0806. The van der Waals surface area contributed by atoms with Crippen LogP contribution in [-0.4, -0.2) is 57.6 Å². The molecule has 0 radical (unpaired) electrons. The predicted octanol–water partition coefficient (Wildman–Crippen LogP) is 4.33. The average Bonchev–Trinajstić information content (AvgIpc) is 2.94. The van der Waals surface area contributed by atoms with E-state index in [0.29, 0.717) is 24.5 Å². The van der Waals surface area contributed by atoms with Crippen molar-refractivity contribution >= 4 is 27.5 Å². The maximum atomic E-state index is 13.7. The van der Waals surface area contributed by atoms with Crippen LogP contribution in [0.25, 0.3) is 0 Å². The molecule has 2 amide bonds. The van der Waals surface area contributed by atoms with Gasteiger partial charge >= 0.3 is 0 Å². The summed E-state index contributed by atoms with van der Waals surface area (Å²) in [6.45, 7) is 4.77. The highest BCUT2D eigenvalue weighted by atomic mass is 32.2. The van der Waals surface area contributed by atoms with Crippen molar-refractivity contribution in [2.24, 2.45) is 0 Å². The summed E-state index contributed by atoms with van der Waals surface area (Å²) in [5.74, 6) is 0.182. The monoisotopic (exact) mass is 565 g/mol. The van der Waals surface area contributed by atoms with Gasteiger partial charge in [0.25, 0.3) is 0 Å². The highest BCUT2D eigenvalue weighted by Crippen LogP contribution is 2.23. The molecule has 9 heteroatoms. The summed E-state index contributed by atoms with van der Waals surface area (Å²) in [6, 6.07) is 23.6. The summed E-state index contributed by atoms with van der Waals surface area (Å²) >= 11 is 0. The molecule has 8 nitrogen and oxygen atoms in total. The van der Waals surface area contributed by atoms with Crippen LogP contribution in [0.2, 0.25) is 0 Å². The van der Waals surface area contributed by atoms with E-state index in [-0.39, 0.29) is 37.7 Å². The quantitative estimate of drug-likeness (QED) is 0.314. The predicted molar refractivity (Wildman–Crippen MR) is 159 cm³/mol. The van der Waals surface area contributed by atoms with Crippen molar-refractivity contribution in [3.63, 3.8) is 0 Å². The van der Waals surface area contributed by atoms with Crippen molar-refractivity contribution in [3.8, 4) is 5.75 Å². The maximum Gasteiger partial charge on any atom is 0.242 e. The zero-order valence-corrected chi connectivity index (χ0v) is 24.5. The van der Waals surface area contributed by atoms with Gasteiger partial charge in [0.1, 0.15) is 11.8 Å². The molecule has 0 heterocycles. The number of benzene rings is 3. The molecule has 0 saturated carbocycles. The lowest BCUT2D eigenvalue weighted by atomic mass is 10.0. The van der Waals surface area contributed by atoms with Crippen LogP contribution in [-0.2, 0) is 32.6 Å². The van der Waals surface area contributed by atoms with Gasteiger partial charge < -0.3 is 15.0 Å². The van der Waals surface area contributed by atoms with Gasteiger partial charge in [-0.05, 0) is 55.7 Å². The fourth-order valence-electron chi connectivity index (χ4n) is 4.49. The van der Waals surface area contributed by atoms with Crippen LogP contribution in [0.5, 0.6) is 5.75 Å². The third-order valence-corrected chi connectivity index (χ3v) is 7.77. The second-order valence-corrected chi connectivity index (χ2v) is 11.6. The molecule has 0 aliphatic heterocycles. The third kappa shape index (κ3) is 8.84. The molecule has 0 spiro atoms. The Labute approximate surface area is 238 Å². The number of rotatable bonds is 14. The standard InChI is InChI=1S/C31H39N3O5S/c1-5-39-28-19-17-27(18-20-28)34(40(4,37)38)21-9-12-30(35)33(23-26-15-13-24(2)14-16-26)29(31(36)32-3)22-25-10-7-6-8-11-25/h6-8,10-11,13-20,29H,5,9,12,21-23H2,1-4H3,(H,32,36)/t29-/m1/s1. The molecule has 0 saturated heterocycles. The summed E-state index contributed by atoms with van der Waals surface area (Å²) in [5.41, 5.74) is 3.45. The van der Waals surface area contributed by atoms with Gasteiger partial charge in [0, 0.05) is 33.0 Å². The van der Waals surface area contributed by atoms with E-state index in [9.17, 15) is 18.0 Å². The van der Waals surface area contributed by atoms with Crippen molar-refractivity contribution in [1.82, 2.24) is 10.2 Å². The summed E-state index contributed by atoms with van der Waals surface area (Å²) in [7, 11) is -2.02. The number of carbonyl (C=O) groups excluding carboxylic acids is 2. The Bertz CT molecular complexity index is 1340. The first-order chi connectivity index (χ1) is 19.1. The van der Waals surface area contributed by atoms with Crippen LogP contribution >= 0.6 is 0 Å². The molecule has 40 heavy (non-hydrogen) atoms. The lowest BCUT2D eigenvalue weighted by Gasteiger charge is -2.31. The number of sulfonamides is 1. The zero-order valence-electron chi connectivity index (χ0n) is 23.7. The Balaban J connectivity index is 1.81. The fourth-order valence-corrected chi connectivity index (χ4v) is 5.46. The lowest BCUT2D eigenvalue weighted by Crippen LogP contribution is -2.49. The van der Waals surface area contributed by atoms with Gasteiger partial charge in [0.05, 0.1) is 18.6 Å². The molecule has 3 aromatic rings. The maximum absolute atomic E-state index is 13.7. The van der Waals surface area contributed by atoms with Crippen molar-refractivity contribution < 1.29 is 22.7 Å². The van der Waals surface area contributed by atoms with Crippen LogP contribution in [0.3, 0.4) is 0 Å². The Morgan fingerprint density at radius 2 is 1.57 bits per heavy atom. The van der Waals surface area contributed by atoms with Crippen LogP contribution in [0.4, 0.5) is 5.69 Å². The van der Waals surface area contributed by atoms with E-state index in [1.54, 1.807) is 36.2 Å². The largest absolute Gasteiger partial charge is 0.494 e. The second-order valence-electron chi connectivity index (χ2n) is 9.69. The number of likely N-dealkylation sites (N-methyl/N-ethyl adjacent to an activating group) is 1. The molecule has 1 atom stereocenters. The smallest absolute Gasteiger partial charge is 0.242 e. The highest BCUT2D eigenvalue weighted by Gasteiger charge is 2.30. The average molecular weight is 566 g/mol. The van der Waals surface area contributed by atoms with Crippen molar-refractivity contribution in [2.45, 2.75) is 45.7 Å². The summed E-state index contributed by atoms with van der Waals surface area (Å²) in [5, 5.41) is 2.71. The van der Waals surface area contributed by atoms with Crippen molar-refractivity contribution in [3.05, 3.63) is 95.6 Å². The fraction of sp³-hybridized carbons (Fsp3) is 0.355. The van der Waals surface area contributed by atoms with Crippen LogP contribution < -0.4 is 14.4 Å². The van der Waals surface area contributed by atoms with Crippen LogP contribution in [0.15, 0.2) is 78.9 Å². The number of ether oxygens (including phenoxy) is 1. The third-order valence-electron chi connectivity index (χ3n) is 6.58. The van der Waals surface area contributed by atoms with Gasteiger partial charge in [-0.25, -0.2) is 8.42 Å². The number of hydrogen-bond donors (Lipinski definition) is 1. The molecule has 0 aliphatic carbocycles. The molecule has 0 unspecified atom stereocenters. The molecule has 0 aromatic heterocycles. The number of nitrogens with zero attached hydrogens (tertiary/aromatic N) is 2. The number of hydrogen-bond acceptors (Lipinski definition) is 5. The number of anilines is 1. The first kappa shape index (κ1) is 30.7. The first-order valence-electron chi connectivity index (χ1n) is 13.4. The van der Waals surface area contributed by atoms with E-state index in [1.165, 1.54) is 4.31 Å². The summed E-state index contributed by atoms with van der Waals surface area (Å²) in [4.78, 5) is 28.4. The van der Waals surface area contributed by atoms with Gasteiger partial charge in [0.2, 0.25) is 21.8 Å². The Morgan fingerprint density at radius 3 is 2.15 bits per heavy atom. The number of carbonyl (C=O) groups is 2. The molecule has 0 fully saturated rings. The van der Waals surface area contributed by atoms with Crippen LogP contribution in [0, 0.1) is 6.92 Å². The summed E-state index contributed by atoms with van der Waals surface area (Å²) in [6.07, 6.45) is 1.88.